The number of amides is 2. The summed E-state index contributed by atoms with van der Waals surface area (Å²) in [5.74, 6) is -1.42. The van der Waals surface area contributed by atoms with E-state index in [2.05, 4.69) is 41.2 Å². The molecule has 3 aromatic heterocycles. The van der Waals surface area contributed by atoms with Gasteiger partial charge in [-0.1, -0.05) is 11.8 Å². The summed E-state index contributed by atoms with van der Waals surface area (Å²) in [4.78, 5) is 42.0. The molecule has 5 heterocycles. The summed E-state index contributed by atoms with van der Waals surface area (Å²) in [6, 6.07) is 3.52. The summed E-state index contributed by atoms with van der Waals surface area (Å²) in [6.07, 6.45) is 0.155. The lowest BCUT2D eigenvalue weighted by Crippen LogP contribution is -2.83. The van der Waals surface area contributed by atoms with E-state index in [0.717, 1.165) is 11.8 Å². The van der Waals surface area contributed by atoms with E-state index in [9.17, 15) is 19.5 Å². The molecule has 190 valence electrons. The van der Waals surface area contributed by atoms with Crippen molar-refractivity contribution in [3.05, 3.63) is 23.3 Å². The van der Waals surface area contributed by atoms with Crippen LogP contribution in [-0.4, -0.2) is 105 Å². The van der Waals surface area contributed by atoms with Crippen molar-refractivity contribution in [3.8, 4) is 0 Å². The van der Waals surface area contributed by atoms with E-state index in [1.54, 1.807) is 17.5 Å². The van der Waals surface area contributed by atoms with Gasteiger partial charge in [-0.15, -0.1) is 33.3 Å². The van der Waals surface area contributed by atoms with Gasteiger partial charge in [0, 0.05) is 38.0 Å². The van der Waals surface area contributed by atoms with Crippen molar-refractivity contribution in [1.82, 2.24) is 46.1 Å². The van der Waals surface area contributed by atoms with Gasteiger partial charge in [0.05, 0.1) is 0 Å². The molecule has 3 unspecified atom stereocenters. The normalized spacial score (nSPS) is 26.2. The van der Waals surface area contributed by atoms with E-state index in [0.29, 0.717) is 16.0 Å². The predicted molar refractivity (Wildman–Crippen MR) is 127 cm³/mol. The standard InChI is InChI=1S/C18H20N10O5S3/c1-9(29)28(12-4-3-5-34-12)18(33-2)13(30)27-7-17(15(31)32,8-35-14(18)27)10(6-11-19-23-24-20-11)36-16-21-25-26-22-16/h3-5,10,14H,6-8H2,1-2H3,(H,31,32)(H,19,20,23,24)(H,21,22,25,26)/t10?,14-,17?,18?/m1/s1. The molecule has 0 bridgehead atoms. The Morgan fingerprint density at radius 3 is 2.72 bits per heavy atom. The first-order valence-corrected chi connectivity index (χ1v) is 13.3. The number of aromatic nitrogens is 8. The molecule has 2 aliphatic rings. The number of anilines is 1. The van der Waals surface area contributed by atoms with E-state index in [4.69, 9.17) is 4.74 Å². The van der Waals surface area contributed by atoms with Crippen LogP contribution >= 0.6 is 34.9 Å². The number of fused-ring (bicyclic) bond motifs is 1. The average molecular weight is 553 g/mol. The molecule has 0 spiro atoms. The minimum Gasteiger partial charge on any atom is -0.481 e. The molecule has 2 aliphatic heterocycles. The van der Waals surface area contributed by atoms with Crippen LogP contribution in [0.2, 0.25) is 0 Å². The average Bonchev–Trinajstić information content (AvgIpc) is 3.65. The van der Waals surface area contributed by atoms with Crippen LogP contribution in [0.1, 0.15) is 12.7 Å². The molecule has 5 rings (SSSR count). The molecule has 0 aliphatic carbocycles. The maximum atomic E-state index is 13.7. The minimum atomic E-state index is -1.57. The van der Waals surface area contributed by atoms with Gasteiger partial charge >= 0.3 is 5.97 Å². The molecule has 0 saturated carbocycles. The van der Waals surface area contributed by atoms with Crippen LogP contribution < -0.4 is 4.90 Å². The van der Waals surface area contributed by atoms with Gasteiger partial charge in [0.2, 0.25) is 11.1 Å². The number of hydrogen-bond donors (Lipinski definition) is 3. The summed E-state index contributed by atoms with van der Waals surface area (Å²) in [7, 11) is 1.38. The van der Waals surface area contributed by atoms with E-state index in [1.807, 2.05) is 0 Å². The fourth-order valence-corrected chi connectivity index (χ4v) is 8.37. The van der Waals surface area contributed by atoms with Crippen LogP contribution in [0.15, 0.2) is 22.7 Å². The summed E-state index contributed by atoms with van der Waals surface area (Å²) in [5.41, 5.74) is -2.98. The van der Waals surface area contributed by atoms with Crippen LogP contribution in [0, 0.1) is 5.41 Å². The molecule has 0 aromatic carbocycles. The number of H-pyrrole nitrogens is 2. The molecule has 4 atom stereocenters. The Balaban J connectivity index is 1.48. The second-order valence-electron chi connectivity index (χ2n) is 8.13. The predicted octanol–water partition coefficient (Wildman–Crippen LogP) is -0.140. The Kier molecular flexibility index (Phi) is 6.43. The first-order chi connectivity index (χ1) is 17.3. The number of β-lactam (4-membered cyclic amide) rings is 1. The van der Waals surface area contributed by atoms with Gasteiger partial charge in [-0.3, -0.25) is 19.3 Å². The van der Waals surface area contributed by atoms with Gasteiger partial charge in [0.25, 0.3) is 11.6 Å². The van der Waals surface area contributed by atoms with Crippen LogP contribution in [0.4, 0.5) is 5.00 Å². The Morgan fingerprint density at radius 2 is 2.14 bits per heavy atom. The minimum absolute atomic E-state index is 0.110. The van der Waals surface area contributed by atoms with Crippen LogP contribution in [0.5, 0.6) is 0 Å². The maximum Gasteiger partial charge on any atom is 0.313 e. The van der Waals surface area contributed by atoms with Crippen molar-refractivity contribution in [3.63, 3.8) is 0 Å². The Labute approximate surface area is 215 Å². The van der Waals surface area contributed by atoms with Gasteiger partial charge in [-0.25, -0.2) is 10.2 Å². The third-order valence-corrected chi connectivity index (χ3v) is 9.93. The topological polar surface area (TPSA) is 196 Å². The second-order valence-corrected chi connectivity index (χ2v) is 11.3. The summed E-state index contributed by atoms with van der Waals surface area (Å²) in [6.45, 7) is 1.26. The van der Waals surface area contributed by atoms with Gasteiger partial charge in [-0.05, 0) is 38.4 Å². The van der Waals surface area contributed by atoms with Gasteiger partial charge in [0.15, 0.2) is 0 Å². The lowest BCUT2D eigenvalue weighted by atomic mass is 9.81. The summed E-state index contributed by atoms with van der Waals surface area (Å²) in [5, 5.41) is 39.3. The molecular weight excluding hydrogens is 532 g/mol. The lowest BCUT2D eigenvalue weighted by Gasteiger charge is -2.62. The molecule has 36 heavy (non-hydrogen) atoms. The third kappa shape index (κ3) is 3.75. The number of thiophene rings is 1. The van der Waals surface area contributed by atoms with E-state index in [-0.39, 0.29) is 24.6 Å². The lowest BCUT2D eigenvalue weighted by molar-refractivity contribution is -0.193. The van der Waals surface area contributed by atoms with Crippen molar-refractivity contribution in [1.29, 1.82) is 0 Å². The number of methoxy groups -OCH3 is 1. The fraction of sp³-hybridized carbons (Fsp3) is 0.500. The number of carboxylic acid groups (broad SMARTS) is 1. The molecule has 3 aromatic rings. The molecule has 2 amide bonds. The molecule has 18 heteroatoms. The molecular formula is C18H20N10O5S3. The number of aromatic amines is 2. The molecule has 3 N–H and O–H groups in total. The number of carbonyl (C=O) groups excluding carboxylic acids is 2. The van der Waals surface area contributed by atoms with Crippen LogP contribution in [-0.2, 0) is 25.5 Å². The summed E-state index contributed by atoms with van der Waals surface area (Å²) < 4.78 is 5.75. The Morgan fingerprint density at radius 1 is 1.36 bits per heavy atom. The SMILES string of the molecule is COC1(N(C(C)=O)c2cccs2)C(=O)N2CC(C(=O)O)(C(Cc3nnn[nH]3)Sc3nnn[nH]3)CS[C@@H]21. The number of tetrazole rings is 2. The van der Waals surface area contributed by atoms with Crippen molar-refractivity contribution >= 4 is 57.6 Å². The molecule has 2 saturated heterocycles. The second kappa shape index (κ2) is 9.41. The quantitative estimate of drug-likeness (QED) is 0.180. The van der Waals surface area contributed by atoms with E-state index in [1.165, 1.54) is 46.9 Å². The number of nitrogens with one attached hydrogen (secondary N) is 2. The van der Waals surface area contributed by atoms with Crippen molar-refractivity contribution in [2.75, 3.05) is 24.3 Å². The number of ether oxygens (including phenoxy) is 1. The zero-order valence-corrected chi connectivity index (χ0v) is 21.3. The number of aliphatic carboxylic acids is 1. The first-order valence-electron chi connectivity index (χ1n) is 10.5. The number of carboxylic acids is 1. The highest BCUT2D eigenvalue weighted by Crippen LogP contribution is 2.54. The number of thioether (sulfide) groups is 2. The highest BCUT2D eigenvalue weighted by molar-refractivity contribution is 8.01. The molecule has 15 nitrogen and oxygen atoms in total. The van der Waals surface area contributed by atoms with Crippen LogP contribution in [0.3, 0.4) is 0 Å². The fourth-order valence-electron chi connectivity index (χ4n) is 4.52. The smallest absolute Gasteiger partial charge is 0.313 e. The number of carbonyl (C=O) groups is 3. The van der Waals surface area contributed by atoms with Gasteiger partial charge < -0.3 is 14.7 Å². The largest absolute Gasteiger partial charge is 0.481 e. The summed E-state index contributed by atoms with van der Waals surface area (Å²) >= 11 is 3.70. The van der Waals surface area contributed by atoms with Crippen molar-refractivity contribution < 1.29 is 24.2 Å². The van der Waals surface area contributed by atoms with Crippen LogP contribution in [0.25, 0.3) is 0 Å². The van der Waals surface area contributed by atoms with Crippen molar-refractivity contribution in [2.24, 2.45) is 5.41 Å². The zero-order chi connectivity index (χ0) is 25.5. The first kappa shape index (κ1) is 24.6. The van der Waals surface area contributed by atoms with E-state index < -0.39 is 33.6 Å². The Hall–Kier alpha value is -3.09. The molecule has 0 radical (unpaired) electrons. The molecule has 2 fully saturated rings. The zero-order valence-electron chi connectivity index (χ0n) is 18.9. The number of hydrogen-bond acceptors (Lipinski definition) is 13. The third-order valence-electron chi connectivity index (χ3n) is 6.21. The highest BCUT2D eigenvalue weighted by atomic mass is 32.2. The maximum absolute atomic E-state index is 13.7. The van der Waals surface area contributed by atoms with Gasteiger partial charge in [0.1, 0.15) is 21.6 Å². The van der Waals surface area contributed by atoms with Crippen molar-refractivity contribution in [2.45, 2.75) is 34.8 Å². The van der Waals surface area contributed by atoms with Gasteiger partial charge in [-0.2, -0.15) is 0 Å². The monoisotopic (exact) mass is 552 g/mol. The number of nitrogens with zero attached hydrogens (tertiary/aromatic N) is 8. The van der Waals surface area contributed by atoms with E-state index >= 15 is 0 Å². The highest BCUT2D eigenvalue weighted by Gasteiger charge is 2.71. The Bertz CT molecular complexity index is 1210. The number of rotatable bonds is 9.